The van der Waals surface area contributed by atoms with E-state index in [-0.39, 0.29) is 13.0 Å². The average Bonchev–Trinajstić information content (AvgIpc) is 2.36. The third-order valence-corrected chi connectivity index (χ3v) is 2.52. The number of esters is 1. The second-order valence-electron chi connectivity index (χ2n) is 3.83. The molecule has 0 aliphatic carbocycles. The second-order valence-corrected chi connectivity index (χ2v) is 3.83. The molecule has 0 aliphatic rings. The number of ether oxygens (including phenoxy) is 1. The highest BCUT2D eigenvalue weighted by atomic mass is 16.5. The Hall–Kier alpha value is -1.88. The maximum Gasteiger partial charge on any atom is 0.335 e. The molecule has 0 fully saturated rings. The Morgan fingerprint density at radius 1 is 1.28 bits per heavy atom. The van der Waals surface area contributed by atoms with Crippen molar-refractivity contribution >= 4 is 11.9 Å². The highest BCUT2D eigenvalue weighted by molar-refractivity contribution is 5.83. The fourth-order valence-corrected chi connectivity index (χ4v) is 1.59. The maximum atomic E-state index is 11.3. The predicted molar refractivity (Wildman–Crippen MR) is 63.9 cm³/mol. The summed E-state index contributed by atoms with van der Waals surface area (Å²) in [5.74, 6) is -3.33. The molecular weight excluding hydrogens is 236 g/mol. The van der Waals surface area contributed by atoms with Crippen LogP contribution >= 0.6 is 0 Å². The molecule has 5 heteroatoms. The van der Waals surface area contributed by atoms with Crippen molar-refractivity contribution in [1.29, 1.82) is 0 Å². The monoisotopic (exact) mass is 252 g/mol. The lowest BCUT2D eigenvalue weighted by Crippen LogP contribution is -2.37. The van der Waals surface area contributed by atoms with Gasteiger partial charge in [0.05, 0.1) is 12.5 Å². The van der Waals surface area contributed by atoms with E-state index < -0.39 is 24.0 Å². The minimum Gasteiger partial charge on any atom is -0.481 e. The number of rotatable bonds is 6. The number of carboxylic acids is 1. The third kappa shape index (κ3) is 3.85. The molecule has 0 heterocycles. The Morgan fingerprint density at radius 3 is 2.39 bits per heavy atom. The summed E-state index contributed by atoms with van der Waals surface area (Å²) in [6, 6.07) is 8.83. The van der Waals surface area contributed by atoms with E-state index in [9.17, 15) is 14.7 Å². The van der Waals surface area contributed by atoms with Crippen LogP contribution in [0.1, 0.15) is 12.5 Å². The Labute approximate surface area is 105 Å². The summed E-state index contributed by atoms with van der Waals surface area (Å²) >= 11 is 0. The van der Waals surface area contributed by atoms with Crippen molar-refractivity contribution in [3.8, 4) is 0 Å². The van der Waals surface area contributed by atoms with E-state index in [0.717, 1.165) is 5.56 Å². The van der Waals surface area contributed by atoms with Gasteiger partial charge >= 0.3 is 11.9 Å². The van der Waals surface area contributed by atoms with E-state index >= 15 is 0 Å². The summed E-state index contributed by atoms with van der Waals surface area (Å²) in [6.07, 6.45) is -1.57. The van der Waals surface area contributed by atoms with Crippen LogP contribution in [-0.4, -0.2) is 34.9 Å². The number of aliphatic carboxylic acids is 1. The number of carboxylic acid groups (broad SMARTS) is 1. The first-order valence-corrected chi connectivity index (χ1v) is 5.67. The molecule has 0 aliphatic heterocycles. The van der Waals surface area contributed by atoms with Gasteiger partial charge in [0, 0.05) is 0 Å². The molecule has 0 amide bonds. The Balaban J connectivity index is 2.77. The topological polar surface area (TPSA) is 83.8 Å². The number of carbonyl (C=O) groups excluding carboxylic acids is 1. The summed E-state index contributed by atoms with van der Waals surface area (Å²) in [4.78, 5) is 22.4. The minimum atomic E-state index is -1.65. The summed E-state index contributed by atoms with van der Waals surface area (Å²) in [7, 11) is 0. The molecule has 0 saturated carbocycles. The average molecular weight is 252 g/mol. The highest BCUT2D eigenvalue weighted by Crippen LogP contribution is 2.14. The van der Waals surface area contributed by atoms with Crippen molar-refractivity contribution < 1.29 is 24.5 Å². The van der Waals surface area contributed by atoms with Gasteiger partial charge in [0.2, 0.25) is 0 Å². The number of aliphatic hydroxyl groups excluding tert-OH is 1. The van der Waals surface area contributed by atoms with Crippen LogP contribution in [0, 0.1) is 5.92 Å². The summed E-state index contributed by atoms with van der Waals surface area (Å²) < 4.78 is 4.62. The fraction of sp³-hybridized carbons (Fsp3) is 0.385. The van der Waals surface area contributed by atoms with Gasteiger partial charge in [0.1, 0.15) is 0 Å². The number of hydrogen-bond donors (Lipinski definition) is 2. The summed E-state index contributed by atoms with van der Waals surface area (Å²) in [5.41, 5.74) is 0.744. The van der Waals surface area contributed by atoms with Crippen LogP contribution in [0.2, 0.25) is 0 Å². The van der Waals surface area contributed by atoms with E-state index in [0.29, 0.717) is 0 Å². The van der Waals surface area contributed by atoms with E-state index in [1.807, 2.05) is 0 Å². The zero-order valence-electron chi connectivity index (χ0n) is 10.1. The van der Waals surface area contributed by atoms with Gasteiger partial charge in [-0.25, -0.2) is 4.79 Å². The smallest absolute Gasteiger partial charge is 0.335 e. The molecule has 0 unspecified atom stereocenters. The van der Waals surface area contributed by atoms with Crippen molar-refractivity contribution in [2.45, 2.75) is 19.4 Å². The molecule has 2 atom stereocenters. The quantitative estimate of drug-likeness (QED) is 0.733. The zero-order valence-corrected chi connectivity index (χ0v) is 10.1. The van der Waals surface area contributed by atoms with E-state index in [1.54, 1.807) is 37.3 Å². The largest absolute Gasteiger partial charge is 0.481 e. The first kappa shape index (κ1) is 14.2. The van der Waals surface area contributed by atoms with E-state index in [4.69, 9.17) is 5.11 Å². The van der Waals surface area contributed by atoms with Crippen LogP contribution in [0.5, 0.6) is 0 Å². The number of benzene rings is 1. The Kier molecular flexibility index (Phi) is 5.32. The molecule has 1 rings (SSSR count). The minimum absolute atomic E-state index is 0.0795. The van der Waals surface area contributed by atoms with Gasteiger partial charge in [-0.2, -0.15) is 0 Å². The lowest BCUT2D eigenvalue weighted by molar-refractivity contribution is -0.163. The van der Waals surface area contributed by atoms with Gasteiger partial charge in [-0.1, -0.05) is 30.3 Å². The van der Waals surface area contributed by atoms with Gasteiger partial charge < -0.3 is 14.9 Å². The number of hydrogen-bond acceptors (Lipinski definition) is 4. The van der Waals surface area contributed by atoms with Gasteiger partial charge in [0.25, 0.3) is 0 Å². The lowest BCUT2D eigenvalue weighted by Gasteiger charge is -2.17. The standard InChI is InChI=1S/C13H16O5/c1-2-18-13(17)11(14)10(12(15)16)8-9-6-4-3-5-7-9/h3-7,10-11,14H,2,8H2,1H3,(H,15,16)/t10-,11+/m1/s1. The van der Waals surface area contributed by atoms with Crippen LogP contribution < -0.4 is 0 Å². The highest BCUT2D eigenvalue weighted by Gasteiger charge is 2.33. The second kappa shape index (κ2) is 6.76. The van der Waals surface area contributed by atoms with Gasteiger partial charge in [0.15, 0.2) is 6.10 Å². The van der Waals surface area contributed by atoms with Crippen molar-refractivity contribution in [2.24, 2.45) is 5.92 Å². The molecule has 0 spiro atoms. The molecule has 0 radical (unpaired) electrons. The maximum absolute atomic E-state index is 11.3. The predicted octanol–water partition coefficient (Wildman–Crippen LogP) is 0.854. The molecule has 0 bridgehead atoms. The van der Waals surface area contributed by atoms with Crippen LogP contribution in [0.25, 0.3) is 0 Å². The van der Waals surface area contributed by atoms with Crippen molar-refractivity contribution in [1.82, 2.24) is 0 Å². The molecule has 18 heavy (non-hydrogen) atoms. The van der Waals surface area contributed by atoms with Crippen LogP contribution in [0.3, 0.4) is 0 Å². The van der Waals surface area contributed by atoms with Crippen LogP contribution in [0.4, 0.5) is 0 Å². The van der Waals surface area contributed by atoms with Gasteiger partial charge in [-0.15, -0.1) is 0 Å². The number of carbonyl (C=O) groups is 2. The molecule has 0 aromatic heterocycles. The van der Waals surface area contributed by atoms with Crippen LogP contribution in [-0.2, 0) is 20.7 Å². The van der Waals surface area contributed by atoms with E-state index in [2.05, 4.69) is 4.74 Å². The van der Waals surface area contributed by atoms with Gasteiger partial charge in [-0.05, 0) is 18.9 Å². The molecule has 0 saturated heterocycles. The van der Waals surface area contributed by atoms with Crippen LogP contribution in [0.15, 0.2) is 30.3 Å². The zero-order chi connectivity index (χ0) is 13.5. The number of aliphatic hydroxyl groups is 1. The first-order valence-electron chi connectivity index (χ1n) is 5.67. The summed E-state index contributed by atoms with van der Waals surface area (Å²) in [5, 5.41) is 18.7. The summed E-state index contributed by atoms with van der Waals surface area (Å²) in [6.45, 7) is 1.70. The van der Waals surface area contributed by atoms with Crippen molar-refractivity contribution in [3.05, 3.63) is 35.9 Å². The fourth-order valence-electron chi connectivity index (χ4n) is 1.59. The molecule has 1 aromatic carbocycles. The SMILES string of the molecule is CCOC(=O)[C@@H](O)[C@@H](Cc1ccccc1)C(=O)O. The van der Waals surface area contributed by atoms with Crippen molar-refractivity contribution in [2.75, 3.05) is 6.61 Å². The Bertz CT molecular complexity index is 401. The molecule has 5 nitrogen and oxygen atoms in total. The van der Waals surface area contributed by atoms with E-state index in [1.165, 1.54) is 0 Å². The third-order valence-electron chi connectivity index (χ3n) is 2.52. The normalized spacial score (nSPS) is 13.7. The molecule has 98 valence electrons. The van der Waals surface area contributed by atoms with Crippen molar-refractivity contribution in [3.63, 3.8) is 0 Å². The van der Waals surface area contributed by atoms with Gasteiger partial charge in [-0.3, -0.25) is 4.79 Å². The molecule has 2 N–H and O–H groups in total. The molecular formula is C13H16O5. The Morgan fingerprint density at radius 2 is 1.89 bits per heavy atom. The molecule has 1 aromatic rings. The first-order chi connectivity index (χ1) is 8.56. The lowest BCUT2D eigenvalue weighted by atomic mass is 9.94.